The van der Waals surface area contributed by atoms with E-state index in [1.54, 1.807) is 12.1 Å². The summed E-state index contributed by atoms with van der Waals surface area (Å²) in [5, 5.41) is 9.68. The van der Waals surface area contributed by atoms with Crippen LogP contribution in [0.2, 0.25) is 0 Å². The van der Waals surface area contributed by atoms with Gasteiger partial charge >= 0.3 is 0 Å². The number of anilines is 1. The Morgan fingerprint density at radius 3 is 2.80 bits per heavy atom. The van der Waals surface area contributed by atoms with Crippen molar-refractivity contribution in [1.82, 2.24) is 9.97 Å². The summed E-state index contributed by atoms with van der Waals surface area (Å²) in [4.78, 5) is 6.64. The second-order valence-electron chi connectivity index (χ2n) is 4.01. The largest absolute Gasteiger partial charge is 0.506 e. The van der Waals surface area contributed by atoms with E-state index in [2.05, 4.69) is 14.7 Å². The van der Waals surface area contributed by atoms with Crippen LogP contribution in [0.3, 0.4) is 0 Å². The smallest absolute Gasteiger partial charge is 0.279 e. The van der Waals surface area contributed by atoms with Crippen molar-refractivity contribution >= 4 is 15.7 Å². The minimum atomic E-state index is -3.87. The highest BCUT2D eigenvalue weighted by Crippen LogP contribution is 2.34. The number of benzene rings is 1. The summed E-state index contributed by atoms with van der Waals surface area (Å²) in [7, 11) is -2.48. The number of para-hydroxylation sites is 1. The molecule has 7 nitrogen and oxygen atoms in total. The van der Waals surface area contributed by atoms with Gasteiger partial charge in [0, 0.05) is 6.42 Å². The zero-order chi connectivity index (χ0) is 14.8. The number of ether oxygens (including phenoxy) is 1. The number of imidazole rings is 1. The maximum Gasteiger partial charge on any atom is 0.279 e. The van der Waals surface area contributed by atoms with Gasteiger partial charge in [0.25, 0.3) is 10.0 Å². The van der Waals surface area contributed by atoms with E-state index in [0.717, 1.165) is 0 Å². The average molecular weight is 297 g/mol. The van der Waals surface area contributed by atoms with Crippen molar-refractivity contribution in [3.63, 3.8) is 0 Å². The Hall–Kier alpha value is -2.22. The van der Waals surface area contributed by atoms with Gasteiger partial charge < -0.3 is 14.8 Å². The molecule has 0 spiro atoms. The maximum absolute atomic E-state index is 12.2. The summed E-state index contributed by atoms with van der Waals surface area (Å²) in [5.41, 5.74) is -0.0114. The molecule has 3 N–H and O–H groups in total. The number of aromatic hydroxyl groups is 1. The monoisotopic (exact) mass is 297 g/mol. The lowest BCUT2D eigenvalue weighted by Crippen LogP contribution is -2.14. The molecule has 8 heteroatoms. The molecule has 0 amide bonds. The molecule has 2 aromatic rings. The summed E-state index contributed by atoms with van der Waals surface area (Å²) in [5.74, 6) is 0.571. The lowest BCUT2D eigenvalue weighted by atomic mass is 10.3. The molecule has 2 rings (SSSR count). The van der Waals surface area contributed by atoms with Gasteiger partial charge in [-0.3, -0.25) is 4.72 Å². The van der Waals surface area contributed by atoms with Gasteiger partial charge in [0.15, 0.2) is 5.03 Å². The van der Waals surface area contributed by atoms with Crippen LogP contribution in [0.5, 0.6) is 11.5 Å². The number of hydrogen-bond acceptors (Lipinski definition) is 5. The van der Waals surface area contributed by atoms with E-state index in [1.165, 1.54) is 19.4 Å². The van der Waals surface area contributed by atoms with Gasteiger partial charge in [0.2, 0.25) is 0 Å². The highest BCUT2D eigenvalue weighted by Gasteiger charge is 2.21. The van der Waals surface area contributed by atoms with Crippen molar-refractivity contribution in [2.24, 2.45) is 0 Å². The lowest BCUT2D eigenvalue weighted by molar-refractivity contribution is 0.411. The van der Waals surface area contributed by atoms with E-state index in [1.807, 2.05) is 6.92 Å². The predicted octanol–water partition coefficient (Wildman–Crippen LogP) is 1.49. The van der Waals surface area contributed by atoms with E-state index in [-0.39, 0.29) is 22.2 Å². The lowest BCUT2D eigenvalue weighted by Gasteiger charge is -2.12. The molecule has 0 atom stereocenters. The molecule has 0 aliphatic heterocycles. The summed E-state index contributed by atoms with van der Waals surface area (Å²) in [6.07, 6.45) is 1.82. The number of phenols is 1. The molecule has 0 unspecified atom stereocenters. The molecule has 1 heterocycles. The van der Waals surface area contributed by atoms with Crippen LogP contribution < -0.4 is 9.46 Å². The number of aryl methyl sites for hydroxylation is 1. The number of hydrogen-bond donors (Lipinski definition) is 3. The fourth-order valence-electron chi connectivity index (χ4n) is 1.64. The average Bonchev–Trinajstić information content (AvgIpc) is 2.90. The Morgan fingerprint density at radius 1 is 1.45 bits per heavy atom. The van der Waals surface area contributed by atoms with Crippen LogP contribution in [-0.2, 0) is 16.4 Å². The number of sulfonamides is 1. The van der Waals surface area contributed by atoms with Gasteiger partial charge in [-0.1, -0.05) is 13.0 Å². The minimum absolute atomic E-state index is 0.0114. The Bertz CT molecular complexity index is 709. The SMILES string of the molecule is CCc1ncc(S(=O)(=O)Nc2c(O)cccc2OC)[nH]1. The topological polar surface area (TPSA) is 104 Å². The molecule has 1 aromatic heterocycles. The van der Waals surface area contributed by atoms with Crippen molar-refractivity contribution in [3.05, 3.63) is 30.2 Å². The zero-order valence-electron chi connectivity index (χ0n) is 11.0. The molecule has 108 valence electrons. The number of methoxy groups -OCH3 is 1. The molecule has 0 bridgehead atoms. The second-order valence-corrected chi connectivity index (χ2v) is 5.66. The third-order valence-corrected chi connectivity index (χ3v) is 3.95. The summed E-state index contributed by atoms with van der Waals surface area (Å²) < 4.78 is 31.7. The van der Waals surface area contributed by atoms with Gasteiger partial charge in [-0.15, -0.1) is 0 Å². The number of rotatable bonds is 5. The molecule has 20 heavy (non-hydrogen) atoms. The molecule has 0 radical (unpaired) electrons. The molecule has 0 fully saturated rings. The molecular formula is C12H15N3O4S. The zero-order valence-corrected chi connectivity index (χ0v) is 11.9. The van der Waals surface area contributed by atoms with Crippen molar-refractivity contribution in [1.29, 1.82) is 0 Å². The Labute approximate surface area is 116 Å². The van der Waals surface area contributed by atoms with Crippen LogP contribution in [-0.4, -0.2) is 30.6 Å². The first-order chi connectivity index (χ1) is 9.47. The predicted molar refractivity (Wildman–Crippen MR) is 73.4 cm³/mol. The van der Waals surface area contributed by atoms with Gasteiger partial charge in [0.05, 0.1) is 13.3 Å². The quantitative estimate of drug-likeness (QED) is 0.725. The molecule has 0 saturated heterocycles. The highest BCUT2D eigenvalue weighted by atomic mass is 32.2. The summed E-state index contributed by atoms with van der Waals surface area (Å²) >= 11 is 0. The van der Waals surface area contributed by atoms with E-state index in [0.29, 0.717) is 12.2 Å². The molecule has 1 aromatic carbocycles. The fraction of sp³-hybridized carbons (Fsp3) is 0.250. The van der Waals surface area contributed by atoms with Gasteiger partial charge in [0.1, 0.15) is 23.0 Å². The van der Waals surface area contributed by atoms with Crippen molar-refractivity contribution < 1.29 is 18.3 Å². The number of nitrogens with one attached hydrogen (secondary N) is 2. The minimum Gasteiger partial charge on any atom is -0.506 e. The Balaban J connectivity index is 2.38. The number of H-pyrrole nitrogens is 1. The Morgan fingerprint density at radius 2 is 2.20 bits per heavy atom. The van der Waals surface area contributed by atoms with Gasteiger partial charge in [-0.05, 0) is 12.1 Å². The normalized spacial score (nSPS) is 11.3. The summed E-state index contributed by atoms with van der Waals surface area (Å²) in [6, 6.07) is 4.46. The van der Waals surface area contributed by atoms with Crippen molar-refractivity contribution in [2.45, 2.75) is 18.4 Å². The van der Waals surface area contributed by atoms with Crippen LogP contribution in [0.25, 0.3) is 0 Å². The Kier molecular flexibility index (Phi) is 3.84. The van der Waals surface area contributed by atoms with Crippen LogP contribution in [0.4, 0.5) is 5.69 Å². The molecule has 0 saturated carbocycles. The standard InChI is InChI=1S/C12H15N3O4S/c1-3-10-13-7-11(14-10)20(17,18)15-12-8(16)5-4-6-9(12)19-2/h4-7,15-16H,3H2,1-2H3,(H,13,14). The van der Waals surface area contributed by atoms with Crippen LogP contribution in [0, 0.1) is 0 Å². The van der Waals surface area contributed by atoms with Gasteiger partial charge in [-0.2, -0.15) is 8.42 Å². The third kappa shape index (κ3) is 2.69. The van der Waals surface area contributed by atoms with E-state index >= 15 is 0 Å². The second kappa shape index (κ2) is 5.41. The number of nitrogens with zero attached hydrogens (tertiary/aromatic N) is 1. The van der Waals surface area contributed by atoms with E-state index in [4.69, 9.17) is 4.74 Å². The first-order valence-electron chi connectivity index (χ1n) is 5.90. The molecule has 0 aliphatic rings. The van der Waals surface area contributed by atoms with Crippen LogP contribution >= 0.6 is 0 Å². The first-order valence-corrected chi connectivity index (χ1v) is 7.39. The molecule has 0 aliphatic carbocycles. The van der Waals surface area contributed by atoms with Crippen molar-refractivity contribution in [3.8, 4) is 11.5 Å². The number of aromatic nitrogens is 2. The summed E-state index contributed by atoms with van der Waals surface area (Å²) in [6.45, 7) is 1.86. The van der Waals surface area contributed by atoms with E-state index in [9.17, 15) is 13.5 Å². The fourth-order valence-corrected chi connectivity index (χ4v) is 2.67. The van der Waals surface area contributed by atoms with Crippen LogP contribution in [0.1, 0.15) is 12.7 Å². The number of aromatic amines is 1. The maximum atomic E-state index is 12.2. The molecular weight excluding hydrogens is 282 g/mol. The highest BCUT2D eigenvalue weighted by molar-refractivity contribution is 7.92. The van der Waals surface area contributed by atoms with Crippen LogP contribution in [0.15, 0.2) is 29.4 Å². The van der Waals surface area contributed by atoms with Gasteiger partial charge in [-0.25, -0.2) is 4.98 Å². The first kappa shape index (κ1) is 14.2. The van der Waals surface area contributed by atoms with Crippen molar-refractivity contribution in [2.75, 3.05) is 11.8 Å². The number of phenolic OH excluding ortho intramolecular Hbond substituents is 1. The van der Waals surface area contributed by atoms with E-state index < -0.39 is 10.0 Å². The third-order valence-electron chi connectivity index (χ3n) is 2.69.